The van der Waals surface area contributed by atoms with Gasteiger partial charge in [-0.25, -0.2) is 9.97 Å². The minimum atomic E-state index is 0.309. The number of benzene rings is 1. The summed E-state index contributed by atoms with van der Waals surface area (Å²) in [6.07, 6.45) is 11.7. The van der Waals surface area contributed by atoms with Crippen molar-refractivity contribution in [2.45, 2.75) is 24.8 Å². The Hall–Kier alpha value is -3.77. The van der Waals surface area contributed by atoms with Gasteiger partial charge in [-0.15, -0.1) is 0 Å². The Morgan fingerprint density at radius 3 is 2.74 bits per heavy atom. The molecule has 6 heteroatoms. The normalized spacial score (nSPS) is 20.2. The number of aromatic nitrogens is 4. The average Bonchev–Trinajstić information content (AvgIpc) is 3.64. The fraction of sp³-hybridized carbons (Fsp3) is 0.250. The van der Waals surface area contributed by atoms with Crippen molar-refractivity contribution in [2.24, 2.45) is 0 Å². The van der Waals surface area contributed by atoms with E-state index in [0.29, 0.717) is 5.54 Å². The SMILES string of the molecule is c1ccc2c(-c3cnc4cc(-c5ccc(N6CCC7(CCCN7)C6)nc5)ccn34)ccnc2c1. The lowest BCUT2D eigenvalue weighted by Gasteiger charge is -2.24. The molecule has 1 N–H and O–H groups in total. The zero-order valence-electron chi connectivity index (χ0n) is 19.0. The van der Waals surface area contributed by atoms with E-state index in [1.54, 1.807) is 0 Å². The van der Waals surface area contributed by atoms with Gasteiger partial charge in [-0.2, -0.15) is 0 Å². The maximum absolute atomic E-state index is 4.82. The predicted molar refractivity (Wildman–Crippen MR) is 136 cm³/mol. The van der Waals surface area contributed by atoms with Gasteiger partial charge in [-0.05, 0) is 67.8 Å². The highest BCUT2D eigenvalue weighted by Crippen LogP contribution is 2.33. The van der Waals surface area contributed by atoms with E-state index in [2.05, 4.69) is 68.3 Å². The third-order valence-electron chi connectivity index (χ3n) is 7.53. The number of imidazole rings is 1. The Morgan fingerprint density at radius 2 is 1.85 bits per heavy atom. The van der Waals surface area contributed by atoms with Gasteiger partial charge in [0, 0.05) is 53.7 Å². The molecule has 0 aliphatic carbocycles. The molecule has 0 amide bonds. The van der Waals surface area contributed by atoms with Crippen LogP contribution in [0.4, 0.5) is 5.82 Å². The summed E-state index contributed by atoms with van der Waals surface area (Å²) in [7, 11) is 0. The van der Waals surface area contributed by atoms with Gasteiger partial charge in [0.25, 0.3) is 0 Å². The van der Waals surface area contributed by atoms with Gasteiger partial charge in [0.05, 0.1) is 17.4 Å². The first-order chi connectivity index (χ1) is 16.8. The number of rotatable bonds is 3. The molecule has 2 aliphatic rings. The summed E-state index contributed by atoms with van der Waals surface area (Å²) in [5.41, 5.74) is 6.66. The number of hydrogen-bond donors (Lipinski definition) is 1. The predicted octanol–water partition coefficient (Wildman–Crippen LogP) is 4.94. The van der Waals surface area contributed by atoms with E-state index < -0.39 is 0 Å². The molecule has 2 saturated heterocycles. The van der Waals surface area contributed by atoms with Crippen molar-refractivity contribution in [3.8, 4) is 22.4 Å². The van der Waals surface area contributed by atoms with Crippen molar-refractivity contribution in [3.63, 3.8) is 0 Å². The van der Waals surface area contributed by atoms with E-state index in [9.17, 15) is 0 Å². The molecule has 1 spiro atoms. The van der Waals surface area contributed by atoms with Gasteiger partial charge < -0.3 is 10.2 Å². The molecule has 1 aromatic carbocycles. The van der Waals surface area contributed by atoms with E-state index in [1.165, 1.54) is 19.3 Å². The third-order valence-corrected chi connectivity index (χ3v) is 7.53. The zero-order chi connectivity index (χ0) is 22.5. The van der Waals surface area contributed by atoms with Gasteiger partial charge in [-0.1, -0.05) is 18.2 Å². The summed E-state index contributed by atoms with van der Waals surface area (Å²) in [4.78, 5) is 16.5. The molecular formula is C28H26N6. The Kier molecular flexibility index (Phi) is 4.42. The second-order valence-electron chi connectivity index (χ2n) is 9.55. The van der Waals surface area contributed by atoms with E-state index in [-0.39, 0.29) is 0 Å². The van der Waals surface area contributed by atoms with Crippen LogP contribution in [0.1, 0.15) is 19.3 Å². The molecule has 6 nitrogen and oxygen atoms in total. The fourth-order valence-electron chi connectivity index (χ4n) is 5.71. The second-order valence-corrected chi connectivity index (χ2v) is 9.55. The summed E-state index contributed by atoms with van der Waals surface area (Å²) < 4.78 is 2.14. The minimum absolute atomic E-state index is 0.309. The highest BCUT2D eigenvalue weighted by molar-refractivity contribution is 5.93. The standard InChI is InChI=1S/C28H26N6/c1-2-5-24-22(4-1)23(8-13-29-24)25-18-31-27-16-20(9-14-34(25)27)21-6-7-26(30-17-21)33-15-11-28(19-33)10-3-12-32-28/h1-2,4-9,13-14,16-18,32H,3,10-12,15,19H2. The summed E-state index contributed by atoms with van der Waals surface area (Å²) in [5.74, 6) is 1.07. The van der Waals surface area contributed by atoms with E-state index >= 15 is 0 Å². The summed E-state index contributed by atoms with van der Waals surface area (Å²) >= 11 is 0. The summed E-state index contributed by atoms with van der Waals surface area (Å²) in [6, 6.07) is 18.9. The fourth-order valence-corrected chi connectivity index (χ4v) is 5.71. The molecule has 4 aromatic heterocycles. The molecular weight excluding hydrogens is 420 g/mol. The Bertz CT molecular complexity index is 1490. The van der Waals surface area contributed by atoms with Crippen LogP contribution in [0.5, 0.6) is 0 Å². The number of hydrogen-bond acceptors (Lipinski definition) is 5. The number of nitrogens with zero attached hydrogens (tertiary/aromatic N) is 5. The van der Waals surface area contributed by atoms with Crippen LogP contribution in [0.15, 0.2) is 79.4 Å². The molecule has 168 valence electrons. The monoisotopic (exact) mass is 446 g/mol. The topological polar surface area (TPSA) is 58.4 Å². The Labute approximate surface area is 198 Å². The number of anilines is 1. The van der Waals surface area contributed by atoms with Gasteiger partial charge in [0.2, 0.25) is 0 Å². The summed E-state index contributed by atoms with van der Waals surface area (Å²) in [6.45, 7) is 3.28. The molecule has 6 heterocycles. The van der Waals surface area contributed by atoms with Crippen molar-refractivity contribution in [1.29, 1.82) is 0 Å². The van der Waals surface area contributed by atoms with Crippen LogP contribution in [0, 0.1) is 0 Å². The zero-order valence-corrected chi connectivity index (χ0v) is 19.0. The molecule has 2 aliphatic heterocycles. The first-order valence-electron chi connectivity index (χ1n) is 12.1. The second kappa shape index (κ2) is 7.64. The van der Waals surface area contributed by atoms with E-state index in [0.717, 1.165) is 64.4 Å². The first kappa shape index (κ1) is 19.7. The Morgan fingerprint density at radius 1 is 0.882 bits per heavy atom. The lowest BCUT2D eigenvalue weighted by atomic mass is 9.97. The van der Waals surface area contributed by atoms with Crippen molar-refractivity contribution in [2.75, 3.05) is 24.5 Å². The van der Waals surface area contributed by atoms with Crippen LogP contribution in [0.2, 0.25) is 0 Å². The van der Waals surface area contributed by atoms with Crippen molar-refractivity contribution in [1.82, 2.24) is 24.7 Å². The van der Waals surface area contributed by atoms with Crippen LogP contribution in [0.3, 0.4) is 0 Å². The number of fused-ring (bicyclic) bond motifs is 2. The minimum Gasteiger partial charge on any atom is -0.355 e. The van der Waals surface area contributed by atoms with Crippen LogP contribution >= 0.6 is 0 Å². The van der Waals surface area contributed by atoms with Crippen molar-refractivity contribution in [3.05, 3.63) is 79.4 Å². The van der Waals surface area contributed by atoms with Gasteiger partial charge in [0.15, 0.2) is 0 Å². The molecule has 7 rings (SSSR count). The number of nitrogens with one attached hydrogen (secondary N) is 1. The van der Waals surface area contributed by atoms with E-state index in [1.807, 2.05) is 30.7 Å². The van der Waals surface area contributed by atoms with Crippen LogP contribution in [0.25, 0.3) is 38.9 Å². The maximum atomic E-state index is 4.82. The molecule has 2 fully saturated rings. The first-order valence-corrected chi connectivity index (χ1v) is 12.1. The quantitative estimate of drug-likeness (QED) is 0.425. The van der Waals surface area contributed by atoms with Gasteiger partial charge in [0.1, 0.15) is 11.5 Å². The molecule has 0 radical (unpaired) electrons. The molecule has 34 heavy (non-hydrogen) atoms. The highest BCUT2D eigenvalue weighted by atomic mass is 15.3. The molecule has 1 atom stereocenters. The number of pyridine rings is 3. The summed E-state index contributed by atoms with van der Waals surface area (Å²) in [5, 5.41) is 4.86. The van der Waals surface area contributed by atoms with Crippen LogP contribution < -0.4 is 10.2 Å². The number of para-hydroxylation sites is 1. The molecule has 5 aromatic rings. The van der Waals surface area contributed by atoms with Gasteiger partial charge >= 0.3 is 0 Å². The average molecular weight is 447 g/mol. The van der Waals surface area contributed by atoms with Gasteiger partial charge in [-0.3, -0.25) is 9.38 Å². The van der Waals surface area contributed by atoms with Crippen molar-refractivity contribution >= 4 is 22.4 Å². The van der Waals surface area contributed by atoms with Crippen LogP contribution in [-0.2, 0) is 0 Å². The Balaban J connectivity index is 1.19. The maximum Gasteiger partial charge on any atom is 0.137 e. The highest BCUT2D eigenvalue weighted by Gasteiger charge is 2.40. The molecule has 0 saturated carbocycles. The smallest absolute Gasteiger partial charge is 0.137 e. The van der Waals surface area contributed by atoms with Crippen LogP contribution in [-0.4, -0.2) is 44.5 Å². The largest absolute Gasteiger partial charge is 0.355 e. The third kappa shape index (κ3) is 3.17. The lowest BCUT2D eigenvalue weighted by Crippen LogP contribution is -2.42. The molecule has 1 unspecified atom stereocenters. The molecule has 0 bridgehead atoms. The van der Waals surface area contributed by atoms with E-state index in [4.69, 9.17) is 9.97 Å². The van der Waals surface area contributed by atoms with Crippen molar-refractivity contribution < 1.29 is 0 Å². The lowest BCUT2D eigenvalue weighted by molar-refractivity contribution is 0.418.